The largest absolute Gasteiger partial charge is 0.335 e. The minimum Gasteiger partial charge on any atom is -0.335 e. The molecule has 0 bridgehead atoms. The van der Waals surface area contributed by atoms with Crippen LogP contribution in [0.15, 0.2) is 0 Å². The molecule has 0 N–H and O–H groups in total. The van der Waals surface area contributed by atoms with Gasteiger partial charge in [-0.05, 0) is 20.9 Å². The van der Waals surface area contributed by atoms with Gasteiger partial charge in [-0.3, -0.25) is 4.79 Å². The Balaban J connectivity index is 2.10. The number of rotatable bonds is 1. The van der Waals surface area contributed by atoms with Gasteiger partial charge in [0.25, 0.3) is 5.91 Å². The van der Waals surface area contributed by atoms with Gasteiger partial charge in [0.2, 0.25) is 0 Å². The van der Waals surface area contributed by atoms with Crippen molar-refractivity contribution in [2.75, 3.05) is 33.2 Å². The summed E-state index contributed by atoms with van der Waals surface area (Å²) >= 11 is 1.50. The average molecular weight is 239 g/mol. The number of hydrogen-bond donors (Lipinski definition) is 0. The van der Waals surface area contributed by atoms with Crippen LogP contribution in [0.3, 0.4) is 0 Å². The van der Waals surface area contributed by atoms with E-state index in [-0.39, 0.29) is 5.91 Å². The fourth-order valence-electron chi connectivity index (χ4n) is 1.88. The Bertz CT molecular complexity index is 394. The summed E-state index contributed by atoms with van der Waals surface area (Å²) in [5.74, 6) is 0.149. The Morgan fingerprint density at radius 1 is 1.25 bits per heavy atom. The number of amides is 1. The standard InChI is InChI=1S/C11H17N3OS/c1-8-10(16-9(2)12-8)11(15)14-6-4-13(3)5-7-14/h4-7H2,1-3H3. The average Bonchev–Trinajstić information content (AvgIpc) is 2.58. The second kappa shape index (κ2) is 4.51. The van der Waals surface area contributed by atoms with E-state index in [4.69, 9.17) is 0 Å². The summed E-state index contributed by atoms with van der Waals surface area (Å²) in [6.07, 6.45) is 0. The molecule has 2 heterocycles. The number of carbonyl (C=O) groups excluding carboxylic acids is 1. The van der Waals surface area contributed by atoms with E-state index in [0.717, 1.165) is 41.8 Å². The molecule has 1 fully saturated rings. The van der Waals surface area contributed by atoms with Crippen LogP contribution in [0.25, 0.3) is 0 Å². The molecule has 1 amide bonds. The molecule has 1 aliphatic rings. The summed E-state index contributed by atoms with van der Waals surface area (Å²) in [4.78, 5) is 21.5. The van der Waals surface area contributed by atoms with Crippen LogP contribution in [0.1, 0.15) is 20.4 Å². The van der Waals surface area contributed by atoms with E-state index < -0.39 is 0 Å². The van der Waals surface area contributed by atoms with Crippen LogP contribution in [0.4, 0.5) is 0 Å². The van der Waals surface area contributed by atoms with Crippen molar-refractivity contribution in [2.45, 2.75) is 13.8 Å². The predicted octanol–water partition coefficient (Wildman–Crippen LogP) is 1.15. The highest BCUT2D eigenvalue weighted by Crippen LogP contribution is 2.19. The lowest BCUT2D eigenvalue weighted by molar-refractivity contribution is 0.0668. The zero-order valence-corrected chi connectivity index (χ0v) is 10.8. The molecule has 1 aromatic heterocycles. The smallest absolute Gasteiger partial charge is 0.265 e. The third-order valence-electron chi connectivity index (χ3n) is 2.89. The van der Waals surface area contributed by atoms with Crippen LogP contribution in [0.5, 0.6) is 0 Å². The molecule has 88 valence electrons. The van der Waals surface area contributed by atoms with E-state index >= 15 is 0 Å². The molecule has 1 aromatic rings. The van der Waals surface area contributed by atoms with Gasteiger partial charge in [0.15, 0.2) is 0 Å². The molecule has 0 aromatic carbocycles. The lowest BCUT2D eigenvalue weighted by Crippen LogP contribution is -2.47. The Hall–Kier alpha value is -0.940. The Morgan fingerprint density at radius 2 is 1.88 bits per heavy atom. The lowest BCUT2D eigenvalue weighted by Gasteiger charge is -2.32. The maximum atomic E-state index is 12.2. The molecule has 16 heavy (non-hydrogen) atoms. The summed E-state index contributed by atoms with van der Waals surface area (Å²) in [6.45, 7) is 7.42. The number of likely N-dealkylation sites (N-methyl/N-ethyl adjacent to an activating group) is 1. The van der Waals surface area contributed by atoms with Crippen LogP contribution < -0.4 is 0 Å². The molecule has 5 heteroatoms. The van der Waals surface area contributed by atoms with Crippen LogP contribution in [0, 0.1) is 13.8 Å². The molecule has 0 saturated carbocycles. The van der Waals surface area contributed by atoms with E-state index in [1.54, 1.807) is 0 Å². The molecule has 0 radical (unpaired) electrons. The summed E-state index contributed by atoms with van der Waals surface area (Å²) in [5.41, 5.74) is 0.867. The maximum Gasteiger partial charge on any atom is 0.265 e. The van der Waals surface area contributed by atoms with Crippen molar-refractivity contribution in [2.24, 2.45) is 0 Å². The van der Waals surface area contributed by atoms with Crippen molar-refractivity contribution in [3.63, 3.8) is 0 Å². The Labute approximate surface area is 99.9 Å². The molecule has 4 nitrogen and oxygen atoms in total. The van der Waals surface area contributed by atoms with Crippen molar-refractivity contribution in [3.05, 3.63) is 15.6 Å². The number of aryl methyl sites for hydroxylation is 2. The topological polar surface area (TPSA) is 36.4 Å². The number of nitrogens with zero attached hydrogens (tertiary/aromatic N) is 3. The van der Waals surface area contributed by atoms with Crippen LogP contribution >= 0.6 is 11.3 Å². The molecule has 0 unspecified atom stereocenters. The van der Waals surface area contributed by atoms with Crippen LogP contribution in [-0.2, 0) is 0 Å². The fraction of sp³-hybridized carbons (Fsp3) is 0.636. The van der Waals surface area contributed by atoms with Crippen molar-refractivity contribution in [3.8, 4) is 0 Å². The maximum absolute atomic E-state index is 12.2. The molecule has 0 atom stereocenters. The fourth-order valence-corrected chi connectivity index (χ4v) is 2.77. The van der Waals surface area contributed by atoms with Crippen molar-refractivity contribution < 1.29 is 4.79 Å². The van der Waals surface area contributed by atoms with E-state index in [1.165, 1.54) is 11.3 Å². The number of piperazine rings is 1. The predicted molar refractivity (Wildman–Crippen MR) is 65.0 cm³/mol. The van der Waals surface area contributed by atoms with E-state index in [9.17, 15) is 4.79 Å². The third-order valence-corrected chi connectivity index (χ3v) is 3.95. The minimum atomic E-state index is 0.149. The second-order valence-corrected chi connectivity index (χ2v) is 5.45. The van der Waals surface area contributed by atoms with Gasteiger partial charge in [-0.2, -0.15) is 0 Å². The first-order valence-corrected chi connectivity index (χ1v) is 6.31. The van der Waals surface area contributed by atoms with Crippen molar-refractivity contribution in [1.82, 2.24) is 14.8 Å². The van der Waals surface area contributed by atoms with Gasteiger partial charge in [-0.25, -0.2) is 4.98 Å². The first-order valence-electron chi connectivity index (χ1n) is 5.50. The van der Waals surface area contributed by atoms with Gasteiger partial charge >= 0.3 is 0 Å². The highest BCUT2D eigenvalue weighted by molar-refractivity contribution is 7.13. The molecule has 0 aliphatic carbocycles. The zero-order valence-electron chi connectivity index (χ0n) is 9.99. The van der Waals surface area contributed by atoms with Crippen LogP contribution in [0.2, 0.25) is 0 Å². The number of hydrogen-bond acceptors (Lipinski definition) is 4. The first-order chi connectivity index (χ1) is 7.58. The number of carbonyl (C=O) groups is 1. The third kappa shape index (κ3) is 2.25. The van der Waals surface area contributed by atoms with Gasteiger partial charge in [0.05, 0.1) is 10.7 Å². The van der Waals surface area contributed by atoms with Crippen LogP contribution in [-0.4, -0.2) is 53.9 Å². The molecular formula is C11H17N3OS. The highest BCUT2D eigenvalue weighted by atomic mass is 32.1. The van der Waals surface area contributed by atoms with Crippen molar-refractivity contribution in [1.29, 1.82) is 0 Å². The van der Waals surface area contributed by atoms with Gasteiger partial charge in [-0.1, -0.05) is 0 Å². The molecule has 1 aliphatic heterocycles. The minimum absolute atomic E-state index is 0.149. The SMILES string of the molecule is Cc1nc(C)c(C(=O)N2CCN(C)CC2)s1. The summed E-state index contributed by atoms with van der Waals surface area (Å²) < 4.78 is 0. The summed E-state index contributed by atoms with van der Waals surface area (Å²) in [6, 6.07) is 0. The Kier molecular flexibility index (Phi) is 3.25. The summed E-state index contributed by atoms with van der Waals surface area (Å²) in [5, 5.41) is 0.968. The lowest BCUT2D eigenvalue weighted by atomic mass is 10.3. The molecule has 2 rings (SSSR count). The zero-order chi connectivity index (χ0) is 11.7. The van der Waals surface area contributed by atoms with Crippen molar-refractivity contribution >= 4 is 17.2 Å². The highest BCUT2D eigenvalue weighted by Gasteiger charge is 2.23. The summed E-state index contributed by atoms with van der Waals surface area (Å²) in [7, 11) is 2.09. The molecular weight excluding hydrogens is 222 g/mol. The van der Waals surface area contributed by atoms with Gasteiger partial charge < -0.3 is 9.80 Å². The number of aromatic nitrogens is 1. The first kappa shape index (κ1) is 11.5. The quantitative estimate of drug-likeness (QED) is 0.737. The Morgan fingerprint density at radius 3 is 2.38 bits per heavy atom. The van der Waals surface area contributed by atoms with E-state index in [2.05, 4.69) is 16.9 Å². The van der Waals surface area contributed by atoms with E-state index in [1.807, 2.05) is 18.7 Å². The van der Waals surface area contributed by atoms with Gasteiger partial charge in [-0.15, -0.1) is 11.3 Å². The normalized spacial score (nSPS) is 17.8. The van der Waals surface area contributed by atoms with Gasteiger partial charge in [0, 0.05) is 26.2 Å². The molecule has 0 spiro atoms. The van der Waals surface area contributed by atoms with E-state index in [0.29, 0.717) is 0 Å². The second-order valence-electron chi connectivity index (χ2n) is 4.24. The monoisotopic (exact) mass is 239 g/mol. The molecule has 1 saturated heterocycles. The number of thiazole rings is 1. The van der Waals surface area contributed by atoms with Gasteiger partial charge in [0.1, 0.15) is 4.88 Å².